The second-order valence-electron chi connectivity index (χ2n) is 3.97. The van der Waals surface area contributed by atoms with Crippen LogP contribution in [0.3, 0.4) is 0 Å². The van der Waals surface area contributed by atoms with Gasteiger partial charge in [-0.15, -0.1) is 0 Å². The Balaban J connectivity index is 1.78. The number of rotatable bonds is 7. The van der Waals surface area contributed by atoms with Gasteiger partial charge in [0.25, 0.3) is 0 Å². The fourth-order valence-electron chi connectivity index (χ4n) is 1.55. The first-order valence-electron chi connectivity index (χ1n) is 5.53. The largest absolute Gasteiger partial charge is 0.448 e. The van der Waals surface area contributed by atoms with Gasteiger partial charge in [0.2, 0.25) is 0 Å². The molecule has 1 aliphatic carbocycles. The zero-order valence-corrected chi connectivity index (χ0v) is 9.16. The lowest BCUT2D eigenvalue weighted by Gasteiger charge is -2.02. The van der Waals surface area contributed by atoms with Gasteiger partial charge in [0.1, 0.15) is 5.76 Å². The number of ether oxygens (including phenoxy) is 1. The van der Waals surface area contributed by atoms with Crippen LogP contribution in [-0.4, -0.2) is 24.7 Å². The highest BCUT2D eigenvalue weighted by Crippen LogP contribution is 2.19. The molecule has 0 amide bonds. The number of methoxy groups -OCH3 is 1. The minimum absolute atomic E-state index is 0.716. The van der Waals surface area contributed by atoms with Crippen molar-refractivity contribution in [1.29, 1.82) is 0 Å². The predicted octanol–water partition coefficient (Wildman–Crippen LogP) is 1.51. The molecule has 1 N–H and O–H groups in total. The maximum Gasteiger partial charge on any atom is 0.181 e. The average Bonchev–Trinajstić information content (AvgIpc) is 2.97. The van der Waals surface area contributed by atoms with Crippen LogP contribution in [0.1, 0.15) is 30.7 Å². The molecule has 84 valence electrons. The third kappa shape index (κ3) is 3.32. The van der Waals surface area contributed by atoms with Crippen molar-refractivity contribution in [3.05, 3.63) is 17.8 Å². The van der Waals surface area contributed by atoms with E-state index in [-0.39, 0.29) is 0 Å². The Morgan fingerprint density at radius 2 is 2.47 bits per heavy atom. The molecule has 1 aliphatic rings. The molecule has 1 fully saturated rings. The highest BCUT2D eigenvalue weighted by atomic mass is 16.5. The Morgan fingerprint density at radius 3 is 3.20 bits per heavy atom. The van der Waals surface area contributed by atoms with E-state index in [0.717, 1.165) is 37.4 Å². The van der Waals surface area contributed by atoms with Gasteiger partial charge in [-0.05, 0) is 19.3 Å². The molecular weight excluding hydrogens is 192 g/mol. The SMILES string of the molecule is COCCCc1ocnc1CNC1CC1. The van der Waals surface area contributed by atoms with Crippen molar-refractivity contribution >= 4 is 0 Å². The lowest BCUT2D eigenvalue weighted by atomic mass is 10.2. The van der Waals surface area contributed by atoms with Crippen molar-refractivity contribution in [2.45, 2.75) is 38.3 Å². The Kier molecular flexibility index (Phi) is 3.75. The molecule has 4 nitrogen and oxygen atoms in total. The number of hydrogen-bond donors (Lipinski definition) is 1. The molecule has 1 aromatic rings. The van der Waals surface area contributed by atoms with Gasteiger partial charge < -0.3 is 14.5 Å². The lowest BCUT2D eigenvalue weighted by molar-refractivity contribution is 0.193. The maximum atomic E-state index is 5.36. The van der Waals surface area contributed by atoms with Crippen molar-refractivity contribution in [3.8, 4) is 0 Å². The molecule has 1 saturated carbocycles. The van der Waals surface area contributed by atoms with Crippen LogP contribution in [0.25, 0.3) is 0 Å². The van der Waals surface area contributed by atoms with Crippen LogP contribution < -0.4 is 5.32 Å². The van der Waals surface area contributed by atoms with E-state index in [1.165, 1.54) is 19.2 Å². The molecule has 0 saturated heterocycles. The van der Waals surface area contributed by atoms with E-state index in [4.69, 9.17) is 9.15 Å². The van der Waals surface area contributed by atoms with Crippen LogP contribution >= 0.6 is 0 Å². The molecule has 2 rings (SSSR count). The van der Waals surface area contributed by atoms with Gasteiger partial charge in [0.15, 0.2) is 6.39 Å². The maximum absolute atomic E-state index is 5.36. The first-order chi connectivity index (χ1) is 7.40. The monoisotopic (exact) mass is 210 g/mol. The Morgan fingerprint density at radius 1 is 1.60 bits per heavy atom. The molecule has 15 heavy (non-hydrogen) atoms. The van der Waals surface area contributed by atoms with Gasteiger partial charge in [-0.3, -0.25) is 0 Å². The van der Waals surface area contributed by atoms with Crippen molar-refractivity contribution in [2.75, 3.05) is 13.7 Å². The summed E-state index contributed by atoms with van der Waals surface area (Å²) in [6, 6.07) is 0.716. The number of nitrogens with one attached hydrogen (secondary N) is 1. The highest BCUT2D eigenvalue weighted by molar-refractivity contribution is 5.07. The summed E-state index contributed by atoms with van der Waals surface area (Å²) >= 11 is 0. The molecule has 4 heteroatoms. The minimum atomic E-state index is 0.716. The number of nitrogens with zero attached hydrogens (tertiary/aromatic N) is 1. The summed E-state index contributed by atoms with van der Waals surface area (Å²) in [7, 11) is 1.72. The molecule has 0 radical (unpaired) electrons. The first-order valence-corrected chi connectivity index (χ1v) is 5.53. The Hall–Kier alpha value is -0.870. The van der Waals surface area contributed by atoms with Crippen molar-refractivity contribution in [2.24, 2.45) is 0 Å². The molecule has 1 aromatic heterocycles. The fourth-order valence-corrected chi connectivity index (χ4v) is 1.55. The van der Waals surface area contributed by atoms with Crippen molar-refractivity contribution in [1.82, 2.24) is 10.3 Å². The molecule has 0 unspecified atom stereocenters. The number of aryl methyl sites for hydroxylation is 1. The summed E-state index contributed by atoms with van der Waals surface area (Å²) in [6.07, 6.45) is 6.04. The zero-order chi connectivity index (χ0) is 10.5. The van der Waals surface area contributed by atoms with Crippen molar-refractivity contribution < 1.29 is 9.15 Å². The molecule has 0 atom stereocenters. The Labute approximate surface area is 90.0 Å². The summed E-state index contributed by atoms with van der Waals surface area (Å²) in [6.45, 7) is 1.61. The van der Waals surface area contributed by atoms with Crippen LogP contribution in [-0.2, 0) is 17.7 Å². The van der Waals surface area contributed by atoms with Crippen LogP contribution in [0.15, 0.2) is 10.8 Å². The van der Waals surface area contributed by atoms with E-state index in [9.17, 15) is 0 Å². The first kappa shape index (κ1) is 10.6. The van der Waals surface area contributed by atoms with E-state index in [1.54, 1.807) is 7.11 Å². The molecule has 1 heterocycles. The van der Waals surface area contributed by atoms with Gasteiger partial charge in [-0.1, -0.05) is 0 Å². The third-order valence-electron chi connectivity index (χ3n) is 2.61. The summed E-state index contributed by atoms with van der Waals surface area (Å²) in [4.78, 5) is 4.22. The summed E-state index contributed by atoms with van der Waals surface area (Å²) in [5, 5.41) is 3.44. The van der Waals surface area contributed by atoms with Crippen LogP contribution in [0.2, 0.25) is 0 Å². The molecule has 0 aliphatic heterocycles. The number of hydrogen-bond acceptors (Lipinski definition) is 4. The third-order valence-corrected chi connectivity index (χ3v) is 2.61. The molecule has 0 aromatic carbocycles. The van der Waals surface area contributed by atoms with E-state index >= 15 is 0 Å². The molecule has 0 bridgehead atoms. The molecular formula is C11H18N2O2. The van der Waals surface area contributed by atoms with Crippen LogP contribution in [0.4, 0.5) is 0 Å². The van der Waals surface area contributed by atoms with Gasteiger partial charge in [-0.2, -0.15) is 0 Å². The second kappa shape index (κ2) is 5.28. The lowest BCUT2D eigenvalue weighted by Crippen LogP contribution is -2.16. The average molecular weight is 210 g/mol. The zero-order valence-electron chi connectivity index (χ0n) is 9.16. The van der Waals surface area contributed by atoms with Crippen molar-refractivity contribution in [3.63, 3.8) is 0 Å². The topological polar surface area (TPSA) is 47.3 Å². The van der Waals surface area contributed by atoms with Crippen LogP contribution in [0, 0.1) is 0 Å². The van der Waals surface area contributed by atoms with Gasteiger partial charge >= 0.3 is 0 Å². The fraction of sp³-hybridized carbons (Fsp3) is 0.727. The molecule has 0 spiro atoms. The van der Waals surface area contributed by atoms with E-state index in [1.807, 2.05) is 0 Å². The van der Waals surface area contributed by atoms with Gasteiger partial charge in [0, 0.05) is 32.7 Å². The van der Waals surface area contributed by atoms with E-state index in [2.05, 4.69) is 10.3 Å². The second-order valence-corrected chi connectivity index (χ2v) is 3.97. The Bertz CT molecular complexity index is 295. The normalized spacial score (nSPS) is 15.8. The van der Waals surface area contributed by atoms with Gasteiger partial charge in [0.05, 0.1) is 5.69 Å². The number of aromatic nitrogens is 1. The summed E-state index contributed by atoms with van der Waals surface area (Å²) < 4.78 is 10.4. The quantitative estimate of drug-likeness (QED) is 0.693. The number of oxazole rings is 1. The minimum Gasteiger partial charge on any atom is -0.448 e. The van der Waals surface area contributed by atoms with Crippen LogP contribution in [0.5, 0.6) is 0 Å². The predicted molar refractivity (Wildman–Crippen MR) is 56.6 cm³/mol. The summed E-state index contributed by atoms with van der Waals surface area (Å²) in [5.74, 6) is 1.00. The smallest absolute Gasteiger partial charge is 0.181 e. The summed E-state index contributed by atoms with van der Waals surface area (Å²) in [5.41, 5.74) is 1.05. The van der Waals surface area contributed by atoms with E-state index < -0.39 is 0 Å². The highest BCUT2D eigenvalue weighted by Gasteiger charge is 2.21. The standard InChI is InChI=1S/C11H18N2O2/c1-14-6-2-3-11-10(13-8-15-11)7-12-9-4-5-9/h8-9,12H,2-7H2,1H3. The van der Waals surface area contributed by atoms with Gasteiger partial charge in [-0.25, -0.2) is 4.98 Å². The van der Waals surface area contributed by atoms with E-state index in [0.29, 0.717) is 6.04 Å².